The van der Waals surface area contributed by atoms with Gasteiger partial charge < -0.3 is 0 Å². The van der Waals surface area contributed by atoms with E-state index in [1.54, 1.807) is 29.6 Å². The zero-order valence-corrected chi connectivity index (χ0v) is 16.3. The van der Waals surface area contributed by atoms with Crippen molar-refractivity contribution >= 4 is 42.7 Å². The summed E-state index contributed by atoms with van der Waals surface area (Å²) < 4.78 is 54.4. The summed E-state index contributed by atoms with van der Waals surface area (Å²) in [7, 11) is -6.99. The Balaban J connectivity index is 1.64. The summed E-state index contributed by atoms with van der Waals surface area (Å²) in [6.45, 7) is 2.50. The molecule has 1 aliphatic heterocycles. The lowest BCUT2D eigenvalue weighted by Gasteiger charge is -2.30. The van der Waals surface area contributed by atoms with E-state index in [2.05, 4.69) is 4.72 Å². The minimum Gasteiger partial charge on any atom is -0.207 e. The molecule has 0 amide bonds. The average molecular weight is 407 g/mol. The van der Waals surface area contributed by atoms with Crippen LogP contribution in [-0.4, -0.2) is 40.3 Å². The molecule has 1 aliphatic rings. The minimum atomic E-state index is -3.52. The van der Waals surface area contributed by atoms with E-state index in [4.69, 9.17) is 0 Å². The SMILES string of the molecule is Cc1ccc(S(=O)(=O)N2CCC(NS(=O)(=O)c3cccs3)CC2)s1. The van der Waals surface area contributed by atoms with Crippen LogP contribution in [0.15, 0.2) is 38.1 Å². The maximum atomic E-state index is 12.6. The van der Waals surface area contributed by atoms with Crippen LogP contribution < -0.4 is 4.72 Å². The zero-order valence-electron chi connectivity index (χ0n) is 13.0. The molecule has 0 bridgehead atoms. The molecule has 0 saturated carbocycles. The average Bonchev–Trinajstić information content (AvgIpc) is 3.19. The van der Waals surface area contributed by atoms with Crippen molar-refractivity contribution in [3.8, 4) is 0 Å². The smallest absolute Gasteiger partial charge is 0.207 e. The van der Waals surface area contributed by atoms with Crippen LogP contribution >= 0.6 is 22.7 Å². The molecule has 1 fully saturated rings. The number of nitrogens with one attached hydrogen (secondary N) is 1. The summed E-state index contributed by atoms with van der Waals surface area (Å²) in [6, 6.07) is 6.43. The van der Waals surface area contributed by atoms with E-state index < -0.39 is 20.0 Å². The van der Waals surface area contributed by atoms with Gasteiger partial charge in [0.25, 0.3) is 10.0 Å². The van der Waals surface area contributed by atoms with Crippen LogP contribution in [0.1, 0.15) is 17.7 Å². The fourth-order valence-electron chi connectivity index (χ4n) is 2.59. The molecule has 3 rings (SSSR count). The molecule has 1 saturated heterocycles. The predicted molar refractivity (Wildman–Crippen MR) is 95.5 cm³/mol. The Morgan fingerprint density at radius 1 is 1.08 bits per heavy atom. The molecule has 0 aliphatic carbocycles. The van der Waals surface area contributed by atoms with E-state index >= 15 is 0 Å². The molecular formula is C14H18N2O4S4. The first-order chi connectivity index (χ1) is 11.3. The molecule has 0 atom stereocenters. The van der Waals surface area contributed by atoms with E-state index in [1.165, 1.54) is 27.0 Å². The lowest BCUT2D eigenvalue weighted by atomic mass is 10.1. The predicted octanol–water partition coefficient (Wildman–Crippen LogP) is 2.25. The molecule has 0 spiro atoms. The van der Waals surface area contributed by atoms with Gasteiger partial charge in [-0.05, 0) is 43.3 Å². The van der Waals surface area contributed by atoms with Gasteiger partial charge in [-0.15, -0.1) is 22.7 Å². The van der Waals surface area contributed by atoms with Crippen molar-refractivity contribution in [2.24, 2.45) is 0 Å². The van der Waals surface area contributed by atoms with Gasteiger partial charge in [0.15, 0.2) is 0 Å². The second kappa shape index (κ2) is 6.85. The van der Waals surface area contributed by atoms with Crippen LogP contribution in [0.5, 0.6) is 0 Å². The Labute approximate surface area is 150 Å². The molecule has 1 N–H and O–H groups in total. The molecule has 3 heterocycles. The summed E-state index contributed by atoms with van der Waals surface area (Å²) >= 11 is 2.43. The van der Waals surface area contributed by atoms with Gasteiger partial charge in [-0.3, -0.25) is 0 Å². The molecular weight excluding hydrogens is 388 g/mol. The van der Waals surface area contributed by atoms with Gasteiger partial charge in [0.1, 0.15) is 8.42 Å². The third kappa shape index (κ3) is 3.73. The van der Waals surface area contributed by atoms with Crippen molar-refractivity contribution in [1.29, 1.82) is 0 Å². The van der Waals surface area contributed by atoms with Crippen molar-refractivity contribution in [3.05, 3.63) is 34.5 Å². The van der Waals surface area contributed by atoms with Gasteiger partial charge in [0.2, 0.25) is 10.0 Å². The summed E-state index contributed by atoms with van der Waals surface area (Å²) in [5, 5.41) is 1.72. The molecule has 0 unspecified atom stereocenters. The Bertz CT molecular complexity index is 892. The van der Waals surface area contributed by atoms with Crippen molar-refractivity contribution < 1.29 is 16.8 Å². The van der Waals surface area contributed by atoms with Crippen molar-refractivity contribution in [1.82, 2.24) is 9.03 Å². The van der Waals surface area contributed by atoms with Crippen LogP contribution in [0.2, 0.25) is 0 Å². The molecule has 132 valence electrons. The van der Waals surface area contributed by atoms with Crippen LogP contribution in [0.4, 0.5) is 0 Å². The van der Waals surface area contributed by atoms with Crippen LogP contribution in [0, 0.1) is 6.92 Å². The normalized spacial score (nSPS) is 18.0. The van der Waals surface area contributed by atoms with Gasteiger partial charge in [-0.25, -0.2) is 21.6 Å². The Kier molecular flexibility index (Phi) is 5.14. The largest absolute Gasteiger partial charge is 0.252 e. The molecule has 24 heavy (non-hydrogen) atoms. The first-order valence-electron chi connectivity index (χ1n) is 7.41. The van der Waals surface area contributed by atoms with E-state index in [9.17, 15) is 16.8 Å². The maximum absolute atomic E-state index is 12.6. The summed E-state index contributed by atoms with van der Waals surface area (Å²) in [4.78, 5) is 0.951. The number of hydrogen-bond donors (Lipinski definition) is 1. The minimum absolute atomic E-state index is 0.242. The monoisotopic (exact) mass is 406 g/mol. The number of sulfonamides is 2. The number of hydrogen-bond acceptors (Lipinski definition) is 6. The lowest BCUT2D eigenvalue weighted by molar-refractivity contribution is 0.309. The highest BCUT2D eigenvalue weighted by atomic mass is 32.3. The molecule has 0 aromatic carbocycles. The Morgan fingerprint density at radius 2 is 1.79 bits per heavy atom. The van der Waals surface area contributed by atoms with Gasteiger partial charge in [-0.1, -0.05) is 6.07 Å². The Hall–Kier alpha value is -0.780. The fourth-order valence-corrected chi connectivity index (χ4v) is 7.81. The fraction of sp³-hybridized carbons (Fsp3) is 0.429. The van der Waals surface area contributed by atoms with Gasteiger partial charge >= 0.3 is 0 Å². The topological polar surface area (TPSA) is 83.6 Å². The number of piperidine rings is 1. The first kappa shape index (κ1) is 18.0. The Morgan fingerprint density at radius 3 is 2.33 bits per heavy atom. The van der Waals surface area contributed by atoms with E-state index in [0.29, 0.717) is 30.1 Å². The van der Waals surface area contributed by atoms with Gasteiger partial charge in [-0.2, -0.15) is 4.31 Å². The lowest BCUT2D eigenvalue weighted by Crippen LogP contribution is -2.46. The highest BCUT2D eigenvalue weighted by Gasteiger charge is 2.32. The van der Waals surface area contributed by atoms with E-state index in [0.717, 1.165) is 4.88 Å². The van der Waals surface area contributed by atoms with Crippen LogP contribution in [-0.2, 0) is 20.0 Å². The second-order valence-corrected chi connectivity index (χ2v) is 11.9. The quantitative estimate of drug-likeness (QED) is 0.825. The van der Waals surface area contributed by atoms with Crippen molar-refractivity contribution in [3.63, 3.8) is 0 Å². The van der Waals surface area contributed by atoms with Crippen molar-refractivity contribution in [2.45, 2.75) is 34.2 Å². The molecule has 6 nitrogen and oxygen atoms in total. The van der Waals surface area contributed by atoms with E-state index in [1.807, 2.05) is 6.92 Å². The highest BCUT2D eigenvalue weighted by Crippen LogP contribution is 2.27. The summed E-state index contributed by atoms with van der Waals surface area (Å²) in [6.07, 6.45) is 0.933. The maximum Gasteiger partial charge on any atom is 0.252 e. The summed E-state index contributed by atoms with van der Waals surface area (Å²) in [5.41, 5.74) is 0. The van der Waals surface area contributed by atoms with Crippen molar-refractivity contribution in [2.75, 3.05) is 13.1 Å². The van der Waals surface area contributed by atoms with Crippen LogP contribution in [0.25, 0.3) is 0 Å². The summed E-state index contributed by atoms with van der Waals surface area (Å²) in [5.74, 6) is 0. The van der Waals surface area contributed by atoms with Gasteiger partial charge in [0.05, 0.1) is 0 Å². The standard InChI is InChI=1S/C14H18N2O4S4/c1-11-4-5-14(22-11)24(19,20)16-8-6-12(7-9-16)15-23(17,18)13-3-2-10-21-13/h2-5,10,12,15H,6-9H2,1H3. The first-order valence-corrected chi connectivity index (χ1v) is 12.0. The third-order valence-corrected chi connectivity index (χ3v) is 10.1. The highest BCUT2D eigenvalue weighted by molar-refractivity contribution is 7.91. The number of rotatable bonds is 5. The van der Waals surface area contributed by atoms with E-state index in [-0.39, 0.29) is 10.3 Å². The molecule has 10 heteroatoms. The second-order valence-electron chi connectivity index (χ2n) is 5.60. The third-order valence-electron chi connectivity index (χ3n) is 3.85. The number of nitrogens with zero attached hydrogens (tertiary/aromatic N) is 1. The molecule has 2 aromatic rings. The molecule has 2 aromatic heterocycles. The van der Waals surface area contributed by atoms with Crippen LogP contribution in [0.3, 0.4) is 0 Å². The number of aryl methyl sites for hydroxylation is 1. The zero-order chi connectivity index (χ0) is 17.4. The number of thiophene rings is 2. The van der Waals surface area contributed by atoms with Gasteiger partial charge in [0, 0.05) is 24.0 Å². The molecule has 0 radical (unpaired) electrons.